The van der Waals surface area contributed by atoms with Crippen LogP contribution in [0, 0.1) is 0 Å². The zero-order chi connectivity index (χ0) is 14.5. The summed E-state index contributed by atoms with van der Waals surface area (Å²) in [5.41, 5.74) is 1.32. The van der Waals surface area contributed by atoms with Gasteiger partial charge in [0.05, 0.1) is 13.2 Å². The second-order valence-electron chi connectivity index (χ2n) is 5.11. The van der Waals surface area contributed by atoms with Crippen molar-refractivity contribution in [1.82, 2.24) is 4.90 Å². The third-order valence-electron chi connectivity index (χ3n) is 3.35. The van der Waals surface area contributed by atoms with Gasteiger partial charge in [-0.2, -0.15) is 0 Å². The molecule has 0 unspecified atom stereocenters. The molecule has 0 aromatic heterocycles. The van der Waals surface area contributed by atoms with Crippen LogP contribution < -0.4 is 0 Å². The molecule has 0 bridgehead atoms. The van der Waals surface area contributed by atoms with Crippen molar-refractivity contribution in [3.8, 4) is 0 Å². The summed E-state index contributed by atoms with van der Waals surface area (Å²) in [5.74, 6) is -0.218. The minimum Gasteiger partial charge on any atom is -0.465 e. The number of hydrogen-bond donors (Lipinski definition) is 1. The minimum absolute atomic E-state index is 0.0461. The first kappa shape index (κ1) is 15.7. The molecule has 1 aromatic carbocycles. The van der Waals surface area contributed by atoms with E-state index in [1.165, 1.54) is 0 Å². The molecule has 0 fully saturated rings. The van der Waals surface area contributed by atoms with Crippen molar-refractivity contribution < 1.29 is 14.6 Å². The third kappa shape index (κ3) is 4.04. The van der Waals surface area contributed by atoms with E-state index in [9.17, 15) is 4.79 Å². The maximum atomic E-state index is 11.9. The molecular formula is C15H23NO3. The van der Waals surface area contributed by atoms with Gasteiger partial charge in [0, 0.05) is 6.54 Å². The van der Waals surface area contributed by atoms with Crippen LogP contribution in [0.25, 0.3) is 0 Å². The molecule has 4 nitrogen and oxygen atoms in total. The van der Waals surface area contributed by atoms with Gasteiger partial charge in [-0.25, -0.2) is 0 Å². The zero-order valence-corrected chi connectivity index (χ0v) is 12.1. The number of benzene rings is 1. The summed E-state index contributed by atoms with van der Waals surface area (Å²) in [6.45, 7) is 6.60. The van der Waals surface area contributed by atoms with Crippen molar-refractivity contribution in [2.45, 2.75) is 39.5 Å². The highest BCUT2D eigenvalue weighted by Crippen LogP contribution is 2.18. The molecule has 0 aliphatic rings. The van der Waals surface area contributed by atoms with E-state index < -0.39 is 5.54 Å². The fourth-order valence-electron chi connectivity index (χ4n) is 1.69. The van der Waals surface area contributed by atoms with Crippen LogP contribution in [0.15, 0.2) is 24.3 Å². The van der Waals surface area contributed by atoms with E-state index >= 15 is 0 Å². The van der Waals surface area contributed by atoms with Crippen LogP contribution in [-0.4, -0.2) is 35.2 Å². The molecule has 19 heavy (non-hydrogen) atoms. The highest BCUT2D eigenvalue weighted by molar-refractivity contribution is 5.79. The third-order valence-corrected chi connectivity index (χ3v) is 3.35. The van der Waals surface area contributed by atoms with E-state index in [4.69, 9.17) is 9.84 Å². The molecule has 0 aliphatic carbocycles. The molecule has 0 radical (unpaired) electrons. The van der Waals surface area contributed by atoms with Gasteiger partial charge in [0.2, 0.25) is 0 Å². The Bertz CT molecular complexity index is 412. The zero-order valence-electron chi connectivity index (χ0n) is 12.1. The molecule has 0 heterocycles. The van der Waals surface area contributed by atoms with Gasteiger partial charge in [0.25, 0.3) is 0 Å². The monoisotopic (exact) mass is 265 g/mol. The molecular weight excluding hydrogens is 242 g/mol. The Kier molecular flexibility index (Phi) is 5.51. The molecule has 4 heteroatoms. The van der Waals surface area contributed by atoms with Gasteiger partial charge >= 0.3 is 5.97 Å². The first-order chi connectivity index (χ1) is 8.91. The van der Waals surface area contributed by atoms with Crippen LogP contribution in [0.4, 0.5) is 0 Å². The van der Waals surface area contributed by atoms with Gasteiger partial charge in [0.15, 0.2) is 0 Å². The molecule has 1 aromatic rings. The fraction of sp³-hybridized carbons (Fsp3) is 0.533. The summed E-state index contributed by atoms with van der Waals surface area (Å²) in [4.78, 5) is 13.9. The number of esters is 1. The Morgan fingerprint density at radius 2 is 1.79 bits per heavy atom. The van der Waals surface area contributed by atoms with Crippen LogP contribution in [0.3, 0.4) is 0 Å². The number of ether oxygens (including phenoxy) is 1. The van der Waals surface area contributed by atoms with Gasteiger partial charge in [0.1, 0.15) is 5.54 Å². The highest BCUT2D eigenvalue weighted by Gasteiger charge is 2.33. The van der Waals surface area contributed by atoms with E-state index in [1.54, 1.807) is 0 Å². The second-order valence-corrected chi connectivity index (χ2v) is 5.11. The maximum absolute atomic E-state index is 11.9. The van der Waals surface area contributed by atoms with Crippen molar-refractivity contribution in [2.24, 2.45) is 0 Å². The second kappa shape index (κ2) is 6.68. The molecule has 0 aliphatic heterocycles. The lowest BCUT2D eigenvalue weighted by molar-refractivity contribution is -0.155. The summed E-state index contributed by atoms with van der Waals surface area (Å²) in [6.07, 6.45) is 0. The van der Waals surface area contributed by atoms with E-state index in [1.807, 2.05) is 57.0 Å². The quantitative estimate of drug-likeness (QED) is 0.799. The number of aliphatic hydroxyl groups is 1. The van der Waals surface area contributed by atoms with E-state index in [-0.39, 0.29) is 12.6 Å². The Hall–Kier alpha value is -1.39. The molecule has 106 valence electrons. The first-order valence-corrected chi connectivity index (χ1v) is 6.49. The average Bonchev–Trinajstić information content (AvgIpc) is 2.39. The molecule has 0 amide bonds. The predicted molar refractivity (Wildman–Crippen MR) is 74.5 cm³/mol. The molecule has 1 rings (SSSR count). The molecule has 0 saturated carbocycles. The van der Waals surface area contributed by atoms with Crippen LogP contribution in [0.5, 0.6) is 0 Å². The Labute approximate surface area is 115 Å². The van der Waals surface area contributed by atoms with Gasteiger partial charge in [-0.1, -0.05) is 24.3 Å². The van der Waals surface area contributed by atoms with Gasteiger partial charge in [-0.05, 0) is 38.9 Å². The number of aliphatic hydroxyl groups excluding tert-OH is 1. The fourth-order valence-corrected chi connectivity index (χ4v) is 1.69. The Balaban J connectivity index is 2.71. The number of hydrogen-bond acceptors (Lipinski definition) is 4. The number of likely N-dealkylation sites (N-methyl/N-ethyl adjacent to an activating group) is 1. The molecule has 1 N–H and O–H groups in total. The lowest BCUT2D eigenvalue weighted by Gasteiger charge is -2.33. The summed E-state index contributed by atoms with van der Waals surface area (Å²) in [7, 11) is 1.90. The summed E-state index contributed by atoms with van der Waals surface area (Å²) >= 11 is 0. The van der Waals surface area contributed by atoms with E-state index in [2.05, 4.69) is 0 Å². The maximum Gasteiger partial charge on any atom is 0.325 e. The normalized spacial score (nSPS) is 11.7. The smallest absolute Gasteiger partial charge is 0.325 e. The first-order valence-electron chi connectivity index (χ1n) is 6.49. The van der Waals surface area contributed by atoms with Gasteiger partial charge in [-0.3, -0.25) is 9.69 Å². The van der Waals surface area contributed by atoms with Crippen LogP contribution >= 0.6 is 0 Å². The van der Waals surface area contributed by atoms with Crippen LogP contribution in [-0.2, 0) is 22.7 Å². The standard InChI is InChI=1S/C15H23NO3/c1-5-19-14(18)15(2,3)16(4)10-12-6-8-13(11-17)9-7-12/h6-9,17H,5,10-11H2,1-4H3. The molecule has 0 spiro atoms. The highest BCUT2D eigenvalue weighted by atomic mass is 16.5. The van der Waals surface area contributed by atoms with Crippen molar-refractivity contribution >= 4 is 5.97 Å². The van der Waals surface area contributed by atoms with E-state index in [0.717, 1.165) is 11.1 Å². The number of rotatable bonds is 6. The van der Waals surface area contributed by atoms with Crippen LogP contribution in [0.2, 0.25) is 0 Å². The largest absolute Gasteiger partial charge is 0.465 e. The van der Waals surface area contributed by atoms with Crippen molar-refractivity contribution in [1.29, 1.82) is 0 Å². The summed E-state index contributed by atoms with van der Waals surface area (Å²) in [6, 6.07) is 7.70. The number of carbonyl (C=O) groups excluding carboxylic acids is 1. The number of nitrogens with zero attached hydrogens (tertiary/aromatic N) is 1. The SMILES string of the molecule is CCOC(=O)C(C)(C)N(C)Cc1ccc(CO)cc1. The van der Waals surface area contributed by atoms with Crippen molar-refractivity contribution in [2.75, 3.05) is 13.7 Å². The van der Waals surface area contributed by atoms with Gasteiger partial charge < -0.3 is 9.84 Å². The Morgan fingerprint density at radius 1 is 1.26 bits per heavy atom. The number of carbonyl (C=O) groups is 1. The Morgan fingerprint density at radius 3 is 2.26 bits per heavy atom. The summed E-state index contributed by atoms with van der Waals surface area (Å²) in [5, 5.41) is 9.00. The van der Waals surface area contributed by atoms with Crippen LogP contribution in [0.1, 0.15) is 31.9 Å². The summed E-state index contributed by atoms with van der Waals surface area (Å²) < 4.78 is 5.09. The van der Waals surface area contributed by atoms with Crippen molar-refractivity contribution in [3.63, 3.8) is 0 Å². The van der Waals surface area contributed by atoms with Gasteiger partial charge in [-0.15, -0.1) is 0 Å². The predicted octanol–water partition coefficient (Wildman–Crippen LogP) is 1.95. The van der Waals surface area contributed by atoms with Crippen molar-refractivity contribution in [3.05, 3.63) is 35.4 Å². The van der Waals surface area contributed by atoms with E-state index in [0.29, 0.717) is 13.2 Å². The topological polar surface area (TPSA) is 49.8 Å². The lowest BCUT2D eigenvalue weighted by Crippen LogP contribution is -2.48. The molecule has 0 atom stereocenters. The molecule has 0 saturated heterocycles. The average molecular weight is 265 g/mol. The lowest BCUT2D eigenvalue weighted by atomic mass is 10.0. The minimum atomic E-state index is -0.661.